The Balaban J connectivity index is 1.58. The van der Waals surface area contributed by atoms with Gasteiger partial charge < -0.3 is 19.7 Å². The fourth-order valence-electron chi connectivity index (χ4n) is 3.50. The molecule has 0 unspecified atom stereocenters. The summed E-state index contributed by atoms with van der Waals surface area (Å²) in [5.74, 6) is 1.53. The molecule has 0 aliphatic carbocycles. The first-order valence-electron chi connectivity index (χ1n) is 9.90. The molecule has 1 amide bonds. The second-order valence-electron chi connectivity index (χ2n) is 7.03. The third-order valence-corrected chi connectivity index (χ3v) is 5.07. The number of benzene rings is 1. The first-order valence-corrected chi connectivity index (χ1v) is 9.90. The number of hydrogen-bond acceptors (Lipinski definition) is 5. The number of rotatable bonds is 7. The minimum absolute atomic E-state index is 0.0814. The summed E-state index contributed by atoms with van der Waals surface area (Å²) in [6, 6.07) is 7.82. The molecule has 1 saturated heterocycles. The van der Waals surface area contributed by atoms with Crippen molar-refractivity contribution in [2.45, 2.75) is 32.1 Å². The molecule has 2 aromatic rings. The molecule has 1 N–H and O–H groups in total. The van der Waals surface area contributed by atoms with Crippen molar-refractivity contribution in [1.29, 1.82) is 0 Å². The van der Waals surface area contributed by atoms with Crippen molar-refractivity contribution < 1.29 is 14.3 Å². The summed E-state index contributed by atoms with van der Waals surface area (Å²) in [4.78, 5) is 19.0. The largest absolute Gasteiger partial charge is 0.493 e. The summed E-state index contributed by atoms with van der Waals surface area (Å²) < 4.78 is 10.6. The van der Waals surface area contributed by atoms with E-state index in [1.54, 1.807) is 26.6 Å². The van der Waals surface area contributed by atoms with Crippen LogP contribution in [0.25, 0.3) is 0 Å². The van der Waals surface area contributed by atoms with E-state index in [-0.39, 0.29) is 5.91 Å². The molecule has 1 aromatic heterocycles. The van der Waals surface area contributed by atoms with Crippen LogP contribution < -0.4 is 14.8 Å². The zero-order valence-corrected chi connectivity index (χ0v) is 16.7. The Labute approximate surface area is 166 Å². The van der Waals surface area contributed by atoms with Gasteiger partial charge in [0.1, 0.15) is 0 Å². The van der Waals surface area contributed by atoms with Crippen LogP contribution in [-0.2, 0) is 6.42 Å². The second-order valence-corrected chi connectivity index (χ2v) is 7.03. The van der Waals surface area contributed by atoms with Gasteiger partial charge in [-0.25, -0.2) is 0 Å². The molecule has 0 saturated carbocycles. The van der Waals surface area contributed by atoms with Gasteiger partial charge in [-0.3, -0.25) is 9.78 Å². The molecule has 1 aliphatic rings. The minimum Gasteiger partial charge on any atom is -0.493 e. The minimum atomic E-state index is 0.0814. The molecule has 1 aromatic carbocycles. The zero-order chi connectivity index (χ0) is 19.8. The number of amides is 1. The van der Waals surface area contributed by atoms with E-state index >= 15 is 0 Å². The Morgan fingerprint density at radius 3 is 2.50 bits per heavy atom. The maximum absolute atomic E-state index is 12.8. The van der Waals surface area contributed by atoms with Crippen LogP contribution in [0, 0.1) is 0 Å². The van der Waals surface area contributed by atoms with E-state index in [4.69, 9.17) is 9.47 Å². The van der Waals surface area contributed by atoms with Crippen molar-refractivity contribution in [3.05, 3.63) is 47.8 Å². The number of ether oxygens (including phenoxy) is 2. The molecule has 0 spiro atoms. The molecule has 2 heterocycles. The first kappa shape index (κ1) is 20.0. The van der Waals surface area contributed by atoms with E-state index in [0.717, 1.165) is 61.6 Å². The van der Waals surface area contributed by atoms with E-state index in [2.05, 4.69) is 10.3 Å². The van der Waals surface area contributed by atoms with Gasteiger partial charge in [0.05, 0.1) is 25.5 Å². The molecular weight excluding hydrogens is 354 g/mol. The summed E-state index contributed by atoms with van der Waals surface area (Å²) in [5, 5.41) is 3.36. The smallest absolute Gasteiger partial charge is 0.255 e. The van der Waals surface area contributed by atoms with Gasteiger partial charge in [-0.1, -0.05) is 18.9 Å². The lowest BCUT2D eigenvalue weighted by atomic mass is 10.1. The number of carbonyl (C=O) groups excluding carboxylic acids is 1. The second kappa shape index (κ2) is 9.97. The van der Waals surface area contributed by atoms with Gasteiger partial charge in [0, 0.05) is 32.0 Å². The van der Waals surface area contributed by atoms with Crippen LogP contribution in [0.1, 0.15) is 41.6 Å². The van der Waals surface area contributed by atoms with Crippen LogP contribution in [0.5, 0.6) is 11.5 Å². The summed E-state index contributed by atoms with van der Waals surface area (Å²) in [6.45, 7) is 2.42. The maximum Gasteiger partial charge on any atom is 0.255 e. The van der Waals surface area contributed by atoms with Gasteiger partial charge in [0.2, 0.25) is 0 Å². The maximum atomic E-state index is 12.8. The highest BCUT2D eigenvalue weighted by Crippen LogP contribution is 2.27. The average Bonchev–Trinajstić information content (AvgIpc) is 3.03. The van der Waals surface area contributed by atoms with Gasteiger partial charge in [0.25, 0.3) is 5.91 Å². The third-order valence-electron chi connectivity index (χ3n) is 5.07. The van der Waals surface area contributed by atoms with Crippen LogP contribution in [0.2, 0.25) is 0 Å². The van der Waals surface area contributed by atoms with Crippen molar-refractivity contribution in [1.82, 2.24) is 9.88 Å². The Bertz CT molecular complexity index is 786. The quantitative estimate of drug-likeness (QED) is 0.788. The van der Waals surface area contributed by atoms with E-state index in [9.17, 15) is 4.79 Å². The fourth-order valence-corrected chi connectivity index (χ4v) is 3.50. The topological polar surface area (TPSA) is 63.7 Å². The Hall–Kier alpha value is -2.76. The van der Waals surface area contributed by atoms with Crippen LogP contribution >= 0.6 is 0 Å². The summed E-state index contributed by atoms with van der Waals surface area (Å²) in [5.41, 5.74) is 2.66. The number of methoxy groups -OCH3 is 2. The molecule has 1 aliphatic heterocycles. The third kappa shape index (κ3) is 5.15. The van der Waals surface area contributed by atoms with E-state index < -0.39 is 0 Å². The lowest BCUT2D eigenvalue weighted by Gasteiger charge is -2.20. The summed E-state index contributed by atoms with van der Waals surface area (Å²) in [6.07, 6.45) is 8.83. The Kier molecular flexibility index (Phi) is 7.12. The van der Waals surface area contributed by atoms with Gasteiger partial charge in [-0.15, -0.1) is 0 Å². The molecule has 1 fully saturated rings. The number of aromatic nitrogens is 1. The lowest BCUT2D eigenvalue weighted by Crippen LogP contribution is -2.31. The van der Waals surface area contributed by atoms with Crippen molar-refractivity contribution >= 4 is 11.6 Å². The molecule has 0 bridgehead atoms. The molecule has 0 atom stereocenters. The normalized spacial score (nSPS) is 14.3. The predicted molar refractivity (Wildman–Crippen MR) is 110 cm³/mol. The SMILES string of the molecule is COc1ccc(CCNc2cncc(C(=O)N3CCCCCC3)c2)cc1OC. The monoisotopic (exact) mass is 383 g/mol. The van der Waals surface area contributed by atoms with Crippen molar-refractivity contribution in [2.75, 3.05) is 39.2 Å². The van der Waals surface area contributed by atoms with Crippen molar-refractivity contribution in [3.8, 4) is 11.5 Å². The van der Waals surface area contributed by atoms with Gasteiger partial charge in [-0.05, 0) is 43.0 Å². The average molecular weight is 383 g/mol. The molecule has 6 nitrogen and oxygen atoms in total. The predicted octanol–water partition coefficient (Wildman–Crippen LogP) is 3.77. The summed E-state index contributed by atoms with van der Waals surface area (Å²) >= 11 is 0. The van der Waals surface area contributed by atoms with Gasteiger partial charge in [0.15, 0.2) is 11.5 Å². The van der Waals surface area contributed by atoms with E-state index in [1.165, 1.54) is 12.8 Å². The highest BCUT2D eigenvalue weighted by atomic mass is 16.5. The standard InChI is InChI=1S/C22H29N3O3/c1-27-20-8-7-17(13-21(20)28-2)9-10-24-19-14-18(15-23-16-19)22(26)25-11-5-3-4-6-12-25/h7-8,13-16,24H,3-6,9-12H2,1-2H3. The number of nitrogens with one attached hydrogen (secondary N) is 1. The van der Waals surface area contributed by atoms with Gasteiger partial charge >= 0.3 is 0 Å². The molecule has 3 rings (SSSR count). The molecule has 150 valence electrons. The number of pyridine rings is 1. The van der Waals surface area contributed by atoms with Crippen LogP contribution in [0.15, 0.2) is 36.7 Å². The number of carbonyl (C=O) groups is 1. The van der Waals surface area contributed by atoms with Crippen LogP contribution in [-0.4, -0.2) is 49.6 Å². The molecule has 28 heavy (non-hydrogen) atoms. The first-order chi connectivity index (χ1) is 13.7. The van der Waals surface area contributed by atoms with E-state index in [0.29, 0.717) is 5.56 Å². The Morgan fingerprint density at radius 2 is 1.79 bits per heavy atom. The van der Waals surface area contributed by atoms with Crippen LogP contribution in [0.3, 0.4) is 0 Å². The lowest BCUT2D eigenvalue weighted by molar-refractivity contribution is 0.0761. The van der Waals surface area contributed by atoms with Gasteiger partial charge in [-0.2, -0.15) is 0 Å². The van der Waals surface area contributed by atoms with Crippen molar-refractivity contribution in [3.63, 3.8) is 0 Å². The highest BCUT2D eigenvalue weighted by molar-refractivity contribution is 5.94. The Morgan fingerprint density at radius 1 is 1.04 bits per heavy atom. The number of hydrogen-bond donors (Lipinski definition) is 1. The zero-order valence-electron chi connectivity index (χ0n) is 16.7. The highest BCUT2D eigenvalue weighted by Gasteiger charge is 2.17. The number of likely N-dealkylation sites (tertiary alicyclic amines) is 1. The number of anilines is 1. The molecule has 6 heteroatoms. The molecular formula is C22H29N3O3. The summed E-state index contributed by atoms with van der Waals surface area (Å²) in [7, 11) is 3.27. The van der Waals surface area contributed by atoms with E-state index in [1.807, 2.05) is 29.2 Å². The van der Waals surface area contributed by atoms with Crippen molar-refractivity contribution in [2.24, 2.45) is 0 Å². The fraction of sp³-hybridized carbons (Fsp3) is 0.455. The number of nitrogens with zero attached hydrogens (tertiary/aromatic N) is 2. The van der Waals surface area contributed by atoms with Crippen LogP contribution in [0.4, 0.5) is 5.69 Å². The molecule has 0 radical (unpaired) electrons.